The fraction of sp³-hybridized carbons (Fsp3) is 0. The Morgan fingerprint density at radius 2 is 1.27 bits per heavy atom. The van der Waals surface area contributed by atoms with Gasteiger partial charge in [0.25, 0.3) is 0 Å². The van der Waals surface area contributed by atoms with E-state index in [9.17, 15) is 4.79 Å². The zero-order valence-corrected chi connectivity index (χ0v) is 14.7. The second kappa shape index (κ2) is 6.94. The number of ketones is 1. The molecule has 0 fully saturated rings. The van der Waals surface area contributed by atoms with Crippen LogP contribution in [0.15, 0.2) is 84.9 Å². The summed E-state index contributed by atoms with van der Waals surface area (Å²) in [5.74, 6) is 0.188. The molecule has 0 radical (unpaired) electrons. The highest BCUT2D eigenvalue weighted by molar-refractivity contribution is 7.17. The molecule has 0 amide bonds. The smallest absolute Gasteiger partial charge is 0.206 e. The van der Waals surface area contributed by atoms with E-state index in [1.54, 1.807) is 0 Å². The van der Waals surface area contributed by atoms with Gasteiger partial charge in [0.2, 0.25) is 5.78 Å². The van der Waals surface area contributed by atoms with Gasteiger partial charge in [-0.2, -0.15) is 0 Å². The molecule has 4 rings (SSSR count). The Kier molecular flexibility index (Phi) is 4.33. The summed E-state index contributed by atoms with van der Waals surface area (Å²) in [7, 11) is 0. The summed E-state index contributed by atoms with van der Waals surface area (Å²) < 4.78 is 0. The number of hydrogen-bond acceptors (Lipinski definition) is 4. The van der Waals surface area contributed by atoms with E-state index in [1.165, 1.54) is 11.3 Å². The first-order valence-corrected chi connectivity index (χ1v) is 9.06. The van der Waals surface area contributed by atoms with Crippen LogP contribution >= 0.6 is 11.3 Å². The van der Waals surface area contributed by atoms with Gasteiger partial charge in [-0.25, -0.2) is 4.98 Å². The predicted molar refractivity (Wildman–Crippen MR) is 107 cm³/mol. The molecule has 2 N–H and O–H groups in total. The molecular weight excluding hydrogens is 340 g/mol. The molecule has 126 valence electrons. The molecule has 1 heterocycles. The Morgan fingerprint density at radius 1 is 0.731 bits per heavy atom. The quantitative estimate of drug-likeness (QED) is 0.505. The predicted octanol–water partition coefficient (Wildman–Crippen LogP) is 5.29. The van der Waals surface area contributed by atoms with E-state index < -0.39 is 0 Å². The number of carbonyl (C=O) groups excluding carboxylic acids is 1. The van der Waals surface area contributed by atoms with Gasteiger partial charge < -0.3 is 5.73 Å². The van der Waals surface area contributed by atoms with E-state index in [-0.39, 0.29) is 11.6 Å². The first-order valence-electron chi connectivity index (χ1n) is 8.24. The minimum absolute atomic E-state index is 0.0956. The van der Waals surface area contributed by atoms with Crippen LogP contribution in [0.2, 0.25) is 0 Å². The van der Waals surface area contributed by atoms with E-state index in [2.05, 4.69) is 4.98 Å². The molecule has 3 nitrogen and oxygen atoms in total. The van der Waals surface area contributed by atoms with Gasteiger partial charge in [0.05, 0.1) is 0 Å². The Bertz CT molecular complexity index is 1040. The number of hydrogen-bond donors (Lipinski definition) is 1. The maximum absolute atomic E-state index is 12.9. The maximum atomic E-state index is 12.9. The highest BCUT2D eigenvalue weighted by Crippen LogP contribution is 2.31. The van der Waals surface area contributed by atoms with Crippen molar-refractivity contribution in [2.24, 2.45) is 0 Å². The van der Waals surface area contributed by atoms with Gasteiger partial charge in [-0.15, -0.1) is 11.3 Å². The Hall–Kier alpha value is -3.24. The lowest BCUT2D eigenvalue weighted by atomic mass is 10.0. The average Bonchev–Trinajstić information content (AvgIpc) is 3.10. The van der Waals surface area contributed by atoms with Gasteiger partial charge in [-0.1, -0.05) is 84.9 Å². The third-order valence-corrected chi connectivity index (χ3v) is 5.25. The van der Waals surface area contributed by atoms with Crippen molar-refractivity contribution in [1.29, 1.82) is 0 Å². The van der Waals surface area contributed by atoms with Crippen molar-refractivity contribution >= 4 is 22.9 Å². The van der Waals surface area contributed by atoms with E-state index in [0.29, 0.717) is 10.4 Å². The van der Waals surface area contributed by atoms with Gasteiger partial charge in [-0.3, -0.25) is 4.79 Å². The first kappa shape index (κ1) is 16.2. The van der Waals surface area contributed by atoms with E-state index >= 15 is 0 Å². The largest absolute Gasteiger partial charge is 0.382 e. The molecule has 0 unspecified atom stereocenters. The number of anilines is 1. The number of carbonyl (C=O) groups is 1. The molecule has 1 aromatic heterocycles. The average molecular weight is 356 g/mol. The molecule has 4 heteroatoms. The highest BCUT2D eigenvalue weighted by atomic mass is 32.1. The van der Waals surface area contributed by atoms with Crippen molar-refractivity contribution in [3.63, 3.8) is 0 Å². The van der Waals surface area contributed by atoms with Crippen LogP contribution in [-0.2, 0) is 0 Å². The van der Waals surface area contributed by atoms with E-state index in [4.69, 9.17) is 5.73 Å². The fourth-order valence-electron chi connectivity index (χ4n) is 2.77. The molecule has 0 aliphatic carbocycles. The summed E-state index contributed by atoms with van der Waals surface area (Å²) in [6.45, 7) is 0. The van der Waals surface area contributed by atoms with Crippen molar-refractivity contribution < 1.29 is 4.79 Å². The van der Waals surface area contributed by atoms with E-state index in [1.807, 2.05) is 84.9 Å². The Labute approximate surface area is 155 Å². The van der Waals surface area contributed by atoms with Gasteiger partial charge >= 0.3 is 0 Å². The Balaban J connectivity index is 1.63. The van der Waals surface area contributed by atoms with E-state index in [0.717, 1.165) is 21.7 Å². The van der Waals surface area contributed by atoms with Crippen molar-refractivity contribution in [2.75, 3.05) is 5.73 Å². The van der Waals surface area contributed by atoms with Crippen LogP contribution < -0.4 is 5.73 Å². The van der Waals surface area contributed by atoms with Crippen LogP contribution in [0.5, 0.6) is 0 Å². The SMILES string of the molecule is Nc1nc(-c2ccccc2)sc1C(=O)c1ccc(-c2ccccc2)cc1. The summed E-state index contributed by atoms with van der Waals surface area (Å²) in [6.07, 6.45) is 0. The molecule has 0 aliphatic heterocycles. The van der Waals surface area contributed by atoms with Crippen LogP contribution in [0, 0.1) is 0 Å². The van der Waals surface area contributed by atoms with Gasteiger partial charge in [-0.05, 0) is 11.1 Å². The minimum Gasteiger partial charge on any atom is -0.382 e. The number of benzene rings is 3. The minimum atomic E-state index is -0.0956. The van der Waals surface area contributed by atoms with Crippen LogP contribution in [0.1, 0.15) is 15.2 Å². The number of nitrogen functional groups attached to an aromatic ring is 1. The number of nitrogens with two attached hydrogens (primary N) is 1. The van der Waals surface area contributed by atoms with Crippen LogP contribution in [0.3, 0.4) is 0 Å². The third kappa shape index (κ3) is 3.15. The van der Waals surface area contributed by atoms with Crippen molar-refractivity contribution in [1.82, 2.24) is 4.98 Å². The molecule has 0 saturated carbocycles. The van der Waals surface area contributed by atoms with Gasteiger partial charge in [0, 0.05) is 11.1 Å². The Morgan fingerprint density at radius 3 is 1.88 bits per heavy atom. The molecule has 0 atom stereocenters. The van der Waals surface area contributed by atoms with Crippen molar-refractivity contribution in [2.45, 2.75) is 0 Å². The molecule has 0 spiro atoms. The first-order chi connectivity index (χ1) is 12.7. The number of thiazole rings is 1. The van der Waals surface area contributed by atoms with Gasteiger partial charge in [0.1, 0.15) is 15.7 Å². The lowest BCUT2D eigenvalue weighted by molar-refractivity contribution is 0.104. The standard InChI is InChI=1S/C22H16N2OS/c23-21-20(26-22(24-21)18-9-5-2-6-10-18)19(25)17-13-11-16(12-14-17)15-7-3-1-4-8-15/h1-14H,23H2. The molecule has 4 aromatic rings. The van der Waals surface area contributed by atoms with Gasteiger partial charge in [0.15, 0.2) is 0 Å². The molecule has 0 bridgehead atoms. The molecule has 3 aromatic carbocycles. The number of rotatable bonds is 4. The normalized spacial score (nSPS) is 10.6. The highest BCUT2D eigenvalue weighted by Gasteiger charge is 2.18. The summed E-state index contributed by atoms with van der Waals surface area (Å²) >= 11 is 1.33. The van der Waals surface area contributed by atoms with Crippen LogP contribution in [-0.4, -0.2) is 10.8 Å². The lowest BCUT2D eigenvalue weighted by Gasteiger charge is -2.03. The third-order valence-electron chi connectivity index (χ3n) is 4.13. The number of nitrogens with zero attached hydrogens (tertiary/aromatic N) is 1. The van der Waals surface area contributed by atoms with Crippen molar-refractivity contribution in [3.8, 4) is 21.7 Å². The second-order valence-electron chi connectivity index (χ2n) is 5.87. The molecule has 26 heavy (non-hydrogen) atoms. The van der Waals surface area contributed by atoms with Crippen molar-refractivity contribution in [3.05, 3.63) is 95.4 Å². The van der Waals surface area contributed by atoms with Crippen LogP contribution in [0.4, 0.5) is 5.82 Å². The monoisotopic (exact) mass is 356 g/mol. The molecular formula is C22H16N2OS. The topological polar surface area (TPSA) is 56.0 Å². The zero-order valence-electron chi connectivity index (χ0n) is 13.9. The summed E-state index contributed by atoms with van der Waals surface area (Å²) in [6, 6.07) is 27.4. The van der Waals surface area contributed by atoms with Crippen LogP contribution in [0.25, 0.3) is 21.7 Å². The summed E-state index contributed by atoms with van der Waals surface area (Å²) in [4.78, 5) is 17.7. The second-order valence-corrected chi connectivity index (χ2v) is 6.87. The molecule has 0 aliphatic rings. The fourth-order valence-corrected chi connectivity index (χ4v) is 3.73. The zero-order chi connectivity index (χ0) is 17.9. The maximum Gasteiger partial charge on any atom is 0.206 e. The lowest BCUT2D eigenvalue weighted by Crippen LogP contribution is -2.02. The molecule has 0 saturated heterocycles. The number of aromatic nitrogens is 1. The summed E-state index contributed by atoms with van der Waals surface area (Å²) in [5, 5.41) is 0.757. The summed E-state index contributed by atoms with van der Waals surface area (Å²) in [5.41, 5.74) is 9.78.